The van der Waals surface area contributed by atoms with E-state index in [1.54, 1.807) is 0 Å². The molecule has 0 bridgehead atoms. The summed E-state index contributed by atoms with van der Waals surface area (Å²) in [5.74, 6) is -5.85. The van der Waals surface area contributed by atoms with Crippen molar-refractivity contribution in [2.45, 2.75) is 0 Å². The summed E-state index contributed by atoms with van der Waals surface area (Å²) >= 11 is 0. The van der Waals surface area contributed by atoms with Gasteiger partial charge in [-0.05, 0) is 12.1 Å². The van der Waals surface area contributed by atoms with Crippen molar-refractivity contribution < 1.29 is 39.2 Å². The average Bonchev–Trinajstić information content (AvgIpc) is 2.35. The van der Waals surface area contributed by atoms with Crippen LogP contribution in [0.5, 0.6) is 0 Å². The van der Waals surface area contributed by atoms with Crippen molar-refractivity contribution in [3.8, 4) is 0 Å². The average molecular weight is 268 g/mol. The number of ether oxygens (including phenoxy) is 1. The van der Waals surface area contributed by atoms with E-state index in [0.29, 0.717) is 12.1 Å². The van der Waals surface area contributed by atoms with E-state index in [1.807, 2.05) is 0 Å². The molecule has 3 N–H and O–H groups in total. The summed E-state index contributed by atoms with van der Waals surface area (Å²) in [4.78, 5) is 44.1. The predicted octanol–water partition coefficient (Wildman–Crippen LogP) is 0.568. The molecule has 0 unspecified atom stereocenters. The second kappa shape index (κ2) is 5.17. The summed E-state index contributed by atoms with van der Waals surface area (Å²) in [6.45, 7) is 0. The van der Waals surface area contributed by atoms with Gasteiger partial charge in [0.1, 0.15) is 0 Å². The molecule has 0 heterocycles. The Labute approximate surface area is 105 Å². The number of rotatable bonds is 4. The molecule has 19 heavy (non-hydrogen) atoms. The molecule has 0 saturated carbocycles. The highest BCUT2D eigenvalue weighted by Gasteiger charge is 2.25. The van der Waals surface area contributed by atoms with E-state index in [1.165, 1.54) is 0 Å². The molecular weight excluding hydrogens is 260 g/mol. The first-order chi connectivity index (χ1) is 8.79. The third kappa shape index (κ3) is 2.68. The first-order valence-corrected chi connectivity index (χ1v) is 4.75. The SMILES string of the molecule is COC(=O)c1cc(C(=O)O)c(C(=O)O)cc1C(=O)O. The highest BCUT2D eigenvalue weighted by molar-refractivity contribution is 6.09. The predicted molar refractivity (Wildman–Crippen MR) is 58.7 cm³/mol. The minimum atomic E-state index is -1.61. The Hall–Kier alpha value is -2.90. The van der Waals surface area contributed by atoms with Crippen LogP contribution in [-0.4, -0.2) is 46.3 Å². The van der Waals surface area contributed by atoms with Crippen molar-refractivity contribution >= 4 is 23.9 Å². The molecule has 0 aromatic heterocycles. The molecule has 0 aliphatic heterocycles. The van der Waals surface area contributed by atoms with E-state index in [9.17, 15) is 19.2 Å². The van der Waals surface area contributed by atoms with E-state index >= 15 is 0 Å². The number of carboxylic acid groups (broad SMARTS) is 3. The van der Waals surface area contributed by atoms with Gasteiger partial charge < -0.3 is 20.1 Å². The van der Waals surface area contributed by atoms with Gasteiger partial charge in [-0.3, -0.25) is 0 Å². The van der Waals surface area contributed by atoms with Crippen LogP contribution in [0.1, 0.15) is 41.4 Å². The minimum absolute atomic E-state index is 0.530. The molecule has 0 aliphatic rings. The van der Waals surface area contributed by atoms with Crippen LogP contribution in [0.4, 0.5) is 0 Å². The lowest BCUT2D eigenvalue weighted by atomic mass is 9.98. The van der Waals surface area contributed by atoms with Crippen LogP contribution in [0.3, 0.4) is 0 Å². The van der Waals surface area contributed by atoms with Gasteiger partial charge in [-0.25, -0.2) is 19.2 Å². The fourth-order valence-electron chi connectivity index (χ4n) is 1.41. The topological polar surface area (TPSA) is 138 Å². The molecule has 8 nitrogen and oxygen atoms in total. The van der Waals surface area contributed by atoms with Gasteiger partial charge in [-0.1, -0.05) is 0 Å². The third-order valence-corrected chi connectivity index (χ3v) is 2.25. The molecule has 0 spiro atoms. The number of hydrogen-bond acceptors (Lipinski definition) is 5. The summed E-state index contributed by atoms with van der Waals surface area (Å²) < 4.78 is 4.32. The molecule has 0 amide bonds. The maximum atomic E-state index is 11.4. The Bertz CT molecular complexity index is 587. The van der Waals surface area contributed by atoms with Crippen molar-refractivity contribution in [3.05, 3.63) is 34.4 Å². The van der Waals surface area contributed by atoms with Crippen molar-refractivity contribution in [3.63, 3.8) is 0 Å². The molecule has 0 atom stereocenters. The van der Waals surface area contributed by atoms with Crippen molar-refractivity contribution in [1.82, 2.24) is 0 Å². The number of benzene rings is 1. The van der Waals surface area contributed by atoms with E-state index in [4.69, 9.17) is 15.3 Å². The molecule has 8 heteroatoms. The summed E-state index contributed by atoms with van der Waals surface area (Å²) in [6, 6.07) is 1.28. The normalized spacial score (nSPS) is 9.74. The van der Waals surface area contributed by atoms with Gasteiger partial charge in [0.25, 0.3) is 0 Å². The van der Waals surface area contributed by atoms with Gasteiger partial charge >= 0.3 is 23.9 Å². The number of aromatic carboxylic acids is 3. The van der Waals surface area contributed by atoms with Crippen molar-refractivity contribution in [1.29, 1.82) is 0 Å². The van der Waals surface area contributed by atoms with Crippen LogP contribution < -0.4 is 0 Å². The second-order valence-corrected chi connectivity index (χ2v) is 3.35. The van der Waals surface area contributed by atoms with Crippen molar-refractivity contribution in [2.24, 2.45) is 0 Å². The molecule has 1 rings (SSSR count). The Morgan fingerprint density at radius 3 is 1.42 bits per heavy atom. The Morgan fingerprint density at radius 1 is 0.789 bits per heavy atom. The van der Waals surface area contributed by atoms with Crippen LogP contribution in [0.15, 0.2) is 12.1 Å². The number of esters is 1. The highest BCUT2D eigenvalue weighted by Crippen LogP contribution is 2.19. The lowest BCUT2D eigenvalue weighted by molar-refractivity contribution is 0.0580. The van der Waals surface area contributed by atoms with Crippen LogP contribution in [0.2, 0.25) is 0 Å². The highest BCUT2D eigenvalue weighted by atomic mass is 16.5. The lowest BCUT2D eigenvalue weighted by Gasteiger charge is -2.08. The fraction of sp³-hybridized carbons (Fsp3) is 0.0909. The number of hydrogen-bond donors (Lipinski definition) is 3. The summed E-state index contributed by atoms with van der Waals surface area (Å²) in [5, 5.41) is 26.6. The first kappa shape index (κ1) is 14.2. The zero-order valence-electron chi connectivity index (χ0n) is 9.54. The maximum absolute atomic E-state index is 11.4. The molecule has 100 valence electrons. The van der Waals surface area contributed by atoms with E-state index in [0.717, 1.165) is 7.11 Å². The van der Waals surface area contributed by atoms with Crippen LogP contribution >= 0.6 is 0 Å². The molecule has 1 aromatic carbocycles. The lowest BCUT2D eigenvalue weighted by Crippen LogP contribution is -2.16. The van der Waals surface area contributed by atoms with E-state index in [-0.39, 0.29) is 0 Å². The van der Waals surface area contributed by atoms with Crippen molar-refractivity contribution in [2.75, 3.05) is 7.11 Å². The Kier molecular flexibility index (Phi) is 3.85. The van der Waals surface area contributed by atoms with E-state index in [2.05, 4.69) is 4.74 Å². The number of carbonyl (C=O) groups is 4. The first-order valence-electron chi connectivity index (χ1n) is 4.75. The quantitative estimate of drug-likeness (QED) is 0.673. The largest absolute Gasteiger partial charge is 0.478 e. The zero-order chi connectivity index (χ0) is 14.7. The standard InChI is InChI=1S/C11H8O8/c1-19-11(18)7-3-5(9(14)15)4(8(12)13)2-6(7)10(16)17/h2-3H,1H3,(H,12,13)(H,14,15)(H,16,17). The van der Waals surface area contributed by atoms with Gasteiger partial charge in [-0.2, -0.15) is 0 Å². The molecule has 1 aromatic rings. The number of methoxy groups -OCH3 is 1. The Morgan fingerprint density at radius 2 is 1.11 bits per heavy atom. The molecule has 0 saturated heterocycles. The van der Waals surface area contributed by atoms with Crippen LogP contribution in [0.25, 0.3) is 0 Å². The summed E-state index contributed by atoms with van der Waals surface area (Å²) in [5.41, 5.74) is -2.60. The molecular formula is C11H8O8. The molecule has 0 radical (unpaired) electrons. The van der Waals surface area contributed by atoms with Gasteiger partial charge in [0.05, 0.1) is 29.4 Å². The van der Waals surface area contributed by atoms with Crippen LogP contribution in [-0.2, 0) is 4.74 Å². The summed E-state index contributed by atoms with van der Waals surface area (Å²) in [7, 11) is 0.986. The second-order valence-electron chi connectivity index (χ2n) is 3.35. The van der Waals surface area contributed by atoms with Gasteiger partial charge in [-0.15, -0.1) is 0 Å². The Balaban J connectivity index is 3.69. The smallest absolute Gasteiger partial charge is 0.338 e. The third-order valence-electron chi connectivity index (χ3n) is 2.25. The number of carboxylic acids is 3. The summed E-state index contributed by atoms with van der Waals surface area (Å²) in [6.07, 6.45) is 0. The van der Waals surface area contributed by atoms with Gasteiger partial charge in [0.2, 0.25) is 0 Å². The monoisotopic (exact) mass is 268 g/mol. The number of carbonyl (C=O) groups excluding carboxylic acids is 1. The molecule has 0 fully saturated rings. The fourth-order valence-corrected chi connectivity index (χ4v) is 1.41. The maximum Gasteiger partial charge on any atom is 0.338 e. The van der Waals surface area contributed by atoms with E-state index < -0.39 is 46.1 Å². The zero-order valence-corrected chi connectivity index (χ0v) is 9.54. The van der Waals surface area contributed by atoms with Gasteiger partial charge in [0.15, 0.2) is 0 Å². The minimum Gasteiger partial charge on any atom is -0.478 e. The molecule has 0 aliphatic carbocycles. The van der Waals surface area contributed by atoms with Gasteiger partial charge in [0, 0.05) is 0 Å². The van der Waals surface area contributed by atoms with Crippen LogP contribution in [0, 0.1) is 0 Å².